The Bertz CT molecular complexity index is 471. The predicted octanol–water partition coefficient (Wildman–Crippen LogP) is 2.56. The van der Waals surface area contributed by atoms with Crippen LogP contribution in [0.5, 0.6) is 5.75 Å². The number of amides is 2. The van der Waals surface area contributed by atoms with Crippen molar-refractivity contribution in [3.63, 3.8) is 0 Å². The molecule has 6 heteroatoms. The first-order valence-electron chi connectivity index (χ1n) is 7.64. The van der Waals surface area contributed by atoms with E-state index in [1.54, 1.807) is 0 Å². The number of rotatable bonds is 5. The van der Waals surface area contributed by atoms with Crippen molar-refractivity contribution in [1.82, 2.24) is 15.1 Å². The molecule has 1 aromatic rings. The Morgan fingerprint density at radius 3 is 2.55 bits per heavy atom. The zero-order valence-corrected chi connectivity index (χ0v) is 14.8. The van der Waals surface area contributed by atoms with Gasteiger partial charge >= 0.3 is 6.03 Å². The maximum Gasteiger partial charge on any atom is 0.317 e. The Hall–Kier alpha value is -1.27. The number of benzene rings is 1. The van der Waals surface area contributed by atoms with E-state index < -0.39 is 0 Å². The second kappa shape index (κ2) is 8.39. The number of likely N-dealkylation sites (N-methyl/N-ethyl adjacent to an activating group) is 1. The molecule has 5 nitrogen and oxygen atoms in total. The van der Waals surface area contributed by atoms with E-state index >= 15 is 0 Å². The Morgan fingerprint density at radius 2 is 1.95 bits per heavy atom. The first-order valence-corrected chi connectivity index (χ1v) is 8.43. The van der Waals surface area contributed by atoms with Gasteiger partial charge in [-0.15, -0.1) is 0 Å². The SMILES string of the molecule is CN(C)CCNC(=O)N1CCC(Oc2ccc(Br)cc2)CC1. The van der Waals surface area contributed by atoms with Gasteiger partial charge < -0.3 is 19.9 Å². The molecule has 1 aliphatic rings. The van der Waals surface area contributed by atoms with E-state index in [0.717, 1.165) is 42.7 Å². The van der Waals surface area contributed by atoms with Gasteiger partial charge in [0.15, 0.2) is 0 Å². The van der Waals surface area contributed by atoms with E-state index in [1.165, 1.54) is 0 Å². The van der Waals surface area contributed by atoms with Crippen LogP contribution in [-0.4, -0.2) is 62.2 Å². The molecule has 0 saturated carbocycles. The third-order valence-electron chi connectivity index (χ3n) is 3.68. The monoisotopic (exact) mass is 369 g/mol. The molecule has 2 amide bonds. The fourth-order valence-electron chi connectivity index (χ4n) is 2.38. The van der Waals surface area contributed by atoms with Crippen LogP contribution < -0.4 is 10.1 Å². The summed E-state index contributed by atoms with van der Waals surface area (Å²) >= 11 is 3.41. The number of hydrogen-bond donors (Lipinski definition) is 1. The van der Waals surface area contributed by atoms with Crippen LogP contribution in [0.4, 0.5) is 4.79 Å². The lowest BCUT2D eigenvalue weighted by Gasteiger charge is -2.32. The van der Waals surface area contributed by atoms with Crippen molar-refractivity contribution in [2.75, 3.05) is 40.3 Å². The van der Waals surface area contributed by atoms with Crippen molar-refractivity contribution in [2.45, 2.75) is 18.9 Å². The molecule has 1 fully saturated rings. The molecule has 1 heterocycles. The average molecular weight is 370 g/mol. The molecule has 0 atom stereocenters. The summed E-state index contributed by atoms with van der Waals surface area (Å²) in [7, 11) is 3.99. The highest BCUT2D eigenvalue weighted by atomic mass is 79.9. The molecule has 0 bridgehead atoms. The summed E-state index contributed by atoms with van der Waals surface area (Å²) in [6.45, 7) is 3.03. The molecule has 0 unspecified atom stereocenters. The predicted molar refractivity (Wildman–Crippen MR) is 91.3 cm³/mol. The van der Waals surface area contributed by atoms with E-state index in [9.17, 15) is 4.79 Å². The number of ether oxygens (including phenoxy) is 1. The van der Waals surface area contributed by atoms with E-state index in [2.05, 4.69) is 26.1 Å². The van der Waals surface area contributed by atoms with Crippen LogP contribution in [0.1, 0.15) is 12.8 Å². The smallest absolute Gasteiger partial charge is 0.317 e. The van der Waals surface area contributed by atoms with Gasteiger partial charge in [-0.2, -0.15) is 0 Å². The van der Waals surface area contributed by atoms with Gasteiger partial charge in [0.05, 0.1) is 0 Å². The number of nitrogens with zero attached hydrogens (tertiary/aromatic N) is 2. The number of nitrogens with one attached hydrogen (secondary N) is 1. The zero-order chi connectivity index (χ0) is 15.9. The highest BCUT2D eigenvalue weighted by molar-refractivity contribution is 9.10. The maximum atomic E-state index is 12.0. The highest BCUT2D eigenvalue weighted by Crippen LogP contribution is 2.21. The normalized spacial score (nSPS) is 15.9. The number of carbonyl (C=O) groups is 1. The van der Waals surface area contributed by atoms with E-state index in [-0.39, 0.29) is 12.1 Å². The molecule has 2 rings (SSSR count). The topological polar surface area (TPSA) is 44.8 Å². The van der Waals surface area contributed by atoms with Gasteiger partial charge in [-0.1, -0.05) is 15.9 Å². The number of carbonyl (C=O) groups excluding carboxylic acids is 1. The lowest BCUT2D eigenvalue weighted by molar-refractivity contribution is 0.111. The second-order valence-electron chi connectivity index (χ2n) is 5.79. The average Bonchev–Trinajstić information content (AvgIpc) is 2.50. The minimum Gasteiger partial charge on any atom is -0.490 e. The molecular formula is C16H24BrN3O2. The molecule has 0 spiro atoms. The van der Waals surface area contributed by atoms with Crippen molar-refractivity contribution < 1.29 is 9.53 Å². The molecule has 1 aromatic carbocycles. The summed E-state index contributed by atoms with van der Waals surface area (Å²) in [5.74, 6) is 0.886. The zero-order valence-electron chi connectivity index (χ0n) is 13.2. The molecular weight excluding hydrogens is 346 g/mol. The summed E-state index contributed by atoms with van der Waals surface area (Å²) in [6.07, 6.45) is 1.93. The summed E-state index contributed by atoms with van der Waals surface area (Å²) in [5.41, 5.74) is 0. The minimum atomic E-state index is 0.0314. The summed E-state index contributed by atoms with van der Waals surface area (Å²) in [5, 5.41) is 2.95. The lowest BCUT2D eigenvalue weighted by Crippen LogP contribution is -2.47. The van der Waals surface area contributed by atoms with Crippen LogP contribution >= 0.6 is 15.9 Å². The Kier molecular flexibility index (Phi) is 6.51. The number of hydrogen-bond acceptors (Lipinski definition) is 3. The highest BCUT2D eigenvalue weighted by Gasteiger charge is 2.23. The lowest BCUT2D eigenvalue weighted by atomic mass is 10.1. The molecule has 1 N–H and O–H groups in total. The molecule has 0 aromatic heterocycles. The quantitative estimate of drug-likeness (QED) is 0.867. The van der Waals surface area contributed by atoms with Crippen molar-refractivity contribution in [3.8, 4) is 5.75 Å². The van der Waals surface area contributed by atoms with Crippen LogP contribution in [0, 0.1) is 0 Å². The van der Waals surface area contributed by atoms with Gasteiger partial charge in [-0.25, -0.2) is 4.79 Å². The summed E-state index contributed by atoms with van der Waals surface area (Å²) in [4.78, 5) is 16.0. The van der Waals surface area contributed by atoms with E-state index in [1.807, 2.05) is 43.3 Å². The standard InChI is InChI=1S/C16H24BrN3O2/c1-19(2)12-9-18-16(21)20-10-7-15(8-11-20)22-14-5-3-13(17)4-6-14/h3-6,15H,7-12H2,1-2H3,(H,18,21). The number of likely N-dealkylation sites (tertiary alicyclic amines) is 1. The first-order chi connectivity index (χ1) is 10.5. The van der Waals surface area contributed by atoms with Crippen LogP contribution in [0.15, 0.2) is 28.7 Å². The van der Waals surface area contributed by atoms with E-state index in [4.69, 9.17) is 4.74 Å². The van der Waals surface area contributed by atoms with Crippen LogP contribution in [0.25, 0.3) is 0 Å². The van der Waals surface area contributed by atoms with Gasteiger partial charge in [-0.3, -0.25) is 0 Å². The van der Waals surface area contributed by atoms with Crippen molar-refractivity contribution in [1.29, 1.82) is 0 Å². The van der Waals surface area contributed by atoms with Crippen molar-refractivity contribution in [3.05, 3.63) is 28.7 Å². The van der Waals surface area contributed by atoms with Crippen molar-refractivity contribution >= 4 is 22.0 Å². The van der Waals surface area contributed by atoms with Gasteiger partial charge in [0, 0.05) is 43.5 Å². The number of urea groups is 1. The molecule has 122 valence electrons. The minimum absolute atomic E-state index is 0.0314. The Balaban J connectivity index is 1.71. The Morgan fingerprint density at radius 1 is 1.32 bits per heavy atom. The van der Waals surface area contributed by atoms with Gasteiger partial charge in [0.1, 0.15) is 11.9 Å². The Labute approximate surface area is 140 Å². The van der Waals surface area contributed by atoms with Gasteiger partial charge in [0.2, 0.25) is 0 Å². The number of halogens is 1. The third kappa shape index (κ3) is 5.50. The molecule has 22 heavy (non-hydrogen) atoms. The summed E-state index contributed by atoms with van der Waals surface area (Å²) < 4.78 is 7.01. The van der Waals surface area contributed by atoms with E-state index in [0.29, 0.717) is 6.54 Å². The van der Waals surface area contributed by atoms with Crippen LogP contribution in [-0.2, 0) is 0 Å². The van der Waals surface area contributed by atoms with Gasteiger partial charge in [-0.05, 0) is 38.4 Å². The largest absolute Gasteiger partial charge is 0.490 e. The first kappa shape index (κ1) is 17.1. The molecule has 0 radical (unpaired) electrons. The van der Waals surface area contributed by atoms with Crippen LogP contribution in [0.2, 0.25) is 0 Å². The van der Waals surface area contributed by atoms with Crippen molar-refractivity contribution in [2.24, 2.45) is 0 Å². The fourth-order valence-corrected chi connectivity index (χ4v) is 2.64. The number of piperidine rings is 1. The second-order valence-corrected chi connectivity index (χ2v) is 6.71. The fraction of sp³-hybridized carbons (Fsp3) is 0.562. The maximum absolute atomic E-state index is 12.0. The summed E-state index contributed by atoms with van der Waals surface area (Å²) in [6, 6.07) is 7.91. The molecule has 1 saturated heterocycles. The van der Waals surface area contributed by atoms with Crippen LogP contribution in [0.3, 0.4) is 0 Å². The van der Waals surface area contributed by atoms with Gasteiger partial charge in [0.25, 0.3) is 0 Å². The third-order valence-corrected chi connectivity index (χ3v) is 4.21. The molecule has 1 aliphatic heterocycles. The molecule has 0 aliphatic carbocycles.